The molecule has 4 aliphatic carbocycles. The van der Waals surface area contributed by atoms with Gasteiger partial charge in [0.05, 0.1) is 6.54 Å². The second-order valence-electron chi connectivity index (χ2n) is 8.25. The van der Waals surface area contributed by atoms with Gasteiger partial charge in [0.1, 0.15) is 12.7 Å². The van der Waals surface area contributed by atoms with Gasteiger partial charge in [-0.05, 0) is 66.9 Å². The zero-order valence-electron chi connectivity index (χ0n) is 14.1. The second kappa shape index (κ2) is 5.99. The van der Waals surface area contributed by atoms with Crippen LogP contribution in [0, 0.1) is 23.7 Å². The third kappa shape index (κ3) is 2.77. The summed E-state index contributed by atoms with van der Waals surface area (Å²) in [6, 6.07) is 9.73. The summed E-state index contributed by atoms with van der Waals surface area (Å²) in [5.74, 6) is 4.02. The Morgan fingerprint density at radius 3 is 2.21 bits per heavy atom. The van der Waals surface area contributed by atoms with Crippen LogP contribution in [0.2, 0.25) is 0 Å². The van der Waals surface area contributed by atoms with Crippen molar-refractivity contribution in [3.05, 3.63) is 48.0 Å². The van der Waals surface area contributed by atoms with E-state index >= 15 is 0 Å². The smallest absolute Gasteiger partial charge is 0.137 e. The first-order valence-corrected chi connectivity index (χ1v) is 9.47. The summed E-state index contributed by atoms with van der Waals surface area (Å²) in [5, 5.41) is 8.09. The van der Waals surface area contributed by atoms with E-state index in [0.717, 1.165) is 42.8 Å². The summed E-state index contributed by atoms with van der Waals surface area (Å²) in [7, 11) is 0. The van der Waals surface area contributed by atoms with E-state index < -0.39 is 0 Å². The number of aromatic nitrogens is 3. The van der Waals surface area contributed by atoms with Crippen LogP contribution in [-0.2, 0) is 13.1 Å². The molecular weight excluding hydrogens is 296 g/mol. The van der Waals surface area contributed by atoms with Gasteiger partial charge in [0, 0.05) is 12.6 Å². The first-order valence-electron chi connectivity index (χ1n) is 9.47. The molecule has 2 aromatic rings. The summed E-state index contributed by atoms with van der Waals surface area (Å²) in [5.41, 5.74) is 2.67. The quantitative estimate of drug-likeness (QED) is 0.919. The van der Waals surface area contributed by atoms with Crippen molar-refractivity contribution >= 4 is 0 Å². The monoisotopic (exact) mass is 322 g/mol. The first-order chi connectivity index (χ1) is 11.8. The Morgan fingerprint density at radius 2 is 1.58 bits per heavy atom. The molecule has 4 fully saturated rings. The van der Waals surface area contributed by atoms with E-state index in [1.165, 1.54) is 43.2 Å². The summed E-state index contributed by atoms with van der Waals surface area (Å²) in [6.45, 7) is 1.81. The van der Waals surface area contributed by atoms with Gasteiger partial charge < -0.3 is 5.32 Å². The van der Waals surface area contributed by atoms with Crippen molar-refractivity contribution in [2.24, 2.45) is 23.7 Å². The van der Waals surface area contributed by atoms with E-state index in [1.54, 1.807) is 12.7 Å². The third-order valence-electron chi connectivity index (χ3n) is 6.60. The van der Waals surface area contributed by atoms with Gasteiger partial charge in [-0.1, -0.05) is 24.3 Å². The molecule has 0 spiro atoms. The average Bonchev–Trinajstić information content (AvgIpc) is 3.08. The molecule has 0 atom stereocenters. The van der Waals surface area contributed by atoms with Crippen LogP contribution in [-0.4, -0.2) is 20.8 Å². The van der Waals surface area contributed by atoms with Crippen molar-refractivity contribution in [2.75, 3.05) is 0 Å². The number of hydrogen-bond acceptors (Lipinski definition) is 3. The van der Waals surface area contributed by atoms with E-state index in [2.05, 4.69) is 39.7 Å². The van der Waals surface area contributed by atoms with Gasteiger partial charge >= 0.3 is 0 Å². The molecule has 24 heavy (non-hydrogen) atoms. The standard InChI is InChI=1S/C20H26N4/c1-3-15(11-24-13-21-12-23-24)4-2-14(1)10-22-20-18-6-16-5-17(8-18)9-19(20)7-16/h1-4,12-13,16-20,22H,5-11H2. The van der Waals surface area contributed by atoms with Gasteiger partial charge in [0.25, 0.3) is 0 Å². The highest BCUT2D eigenvalue weighted by Gasteiger charge is 2.47. The molecule has 4 nitrogen and oxygen atoms in total. The minimum Gasteiger partial charge on any atom is -0.309 e. The van der Waals surface area contributed by atoms with Crippen LogP contribution in [0.4, 0.5) is 0 Å². The van der Waals surface area contributed by atoms with Gasteiger partial charge in [-0.25, -0.2) is 9.67 Å². The van der Waals surface area contributed by atoms with Gasteiger partial charge in [-0.3, -0.25) is 0 Å². The number of hydrogen-bond donors (Lipinski definition) is 1. The molecule has 1 N–H and O–H groups in total. The molecular formula is C20H26N4. The fraction of sp³-hybridized carbons (Fsp3) is 0.600. The van der Waals surface area contributed by atoms with Crippen LogP contribution >= 0.6 is 0 Å². The van der Waals surface area contributed by atoms with Crippen LogP contribution in [0.25, 0.3) is 0 Å². The Bertz CT molecular complexity index is 648. The van der Waals surface area contributed by atoms with Gasteiger partial charge in [-0.15, -0.1) is 0 Å². The van der Waals surface area contributed by atoms with Crippen LogP contribution in [0.1, 0.15) is 43.2 Å². The topological polar surface area (TPSA) is 42.7 Å². The molecule has 6 rings (SSSR count). The Kier molecular flexibility index (Phi) is 3.66. The molecule has 4 heteroatoms. The predicted molar refractivity (Wildman–Crippen MR) is 93.2 cm³/mol. The molecule has 126 valence electrons. The highest BCUT2D eigenvalue weighted by molar-refractivity contribution is 5.22. The lowest BCUT2D eigenvalue weighted by atomic mass is 9.54. The maximum Gasteiger partial charge on any atom is 0.137 e. The van der Waals surface area contributed by atoms with E-state index in [9.17, 15) is 0 Å². The second-order valence-corrected chi connectivity index (χ2v) is 8.25. The Labute approximate surface area is 143 Å². The van der Waals surface area contributed by atoms with Crippen LogP contribution in [0.15, 0.2) is 36.9 Å². The molecule has 0 aliphatic heterocycles. The van der Waals surface area contributed by atoms with E-state index in [-0.39, 0.29) is 0 Å². The highest BCUT2D eigenvalue weighted by Crippen LogP contribution is 2.53. The molecule has 4 aliphatic rings. The Morgan fingerprint density at radius 1 is 0.917 bits per heavy atom. The SMILES string of the molecule is c1ncn(Cc2ccc(CNC3C4CC5CC(C4)CC3C5)cc2)n1. The summed E-state index contributed by atoms with van der Waals surface area (Å²) in [6.07, 6.45) is 10.8. The predicted octanol–water partition coefficient (Wildman–Crippen LogP) is 3.24. The molecule has 1 aromatic carbocycles. The van der Waals surface area contributed by atoms with E-state index in [4.69, 9.17) is 0 Å². The fourth-order valence-corrected chi connectivity index (χ4v) is 5.76. The normalized spacial score (nSPS) is 33.9. The number of nitrogens with one attached hydrogen (secondary N) is 1. The lowest BCUT2D eigenvalue weighted by Crippen LogP contribution is -2.54. The zero-order valence-corrected chi connectivity index (χ0v) is 14.1. The highest BCUT2D eigenvalue weighted by atomic mass is 15.3. The molecule has 4 saturated carbocycles. The van der Waals surface area contributed by atoms with Crippen LogP contribution in [0.5, 0.6) is 0 Å². The number of benzene rings is 1. The summed E-state index contributed by atoms with van der Waals surface area (Å²) >= 11 is 0. The third-order valence-corrected chi connectivity index (χ3v) is 6.60. The largest absolute Gasteiger partial charge is 0.309 e. The van der Waals surface area contributed by atoms with Crippen molar-refractivity contribution in [1.82, 2.24) is 20.1 Å². The maximum absolute atomic E-state index is 4.17. The molecule has 1 heterocycles. The Hall–Kier alpha value is -1.68. The van der Waals surface area contributed by atoms with Gasteiger partial charge in [0.15, 0.2) is 0 Å². The minimum absolute atomic E-state index is 0.771. The van der Waals surface area contributed by atoms with Crippen LogP contribution < -0.4 is 5.32 Å². The van der Waals surface area contributed by atoms with E-state index in [0.29, 0.717) is 0 Å². The molecule has 1 aromatic heterocycles. The first kappa shape index (κ1) is 14.6. The molecule has 0 saturated heterocycles. The lowest BCUT2D eigenvalue weighted by Gasteiger charge is -2.54. The average molecular weight is 322 g/mol. The van der Waals surface area contributed by atoms with Crippen molar-refractivity contribution in [3.8, 4) is 0 Å². The Balaban J connectivity index is 1.20. The van der Waals surface area contributed by atoms with E-state index in [1.807, 2.05) is 4.68 Å². The molecule has 0 unspecified atom stereocenters. The number of rotatable bonds is 5. The van der Waals surface area contributed by atoms with Crippen molar-refractivity contribution in [3.63, 3.8) is 0 Å². The molecule has 4 bridgehead atoms. The maximum atomic E-state index is 4.17. The molecule has 0 radical (unpaired) electrons. The molecule has 0 amide bonds. The van der Waals surface area contributed by atoms with Gasteiger partial charge in [-0.2, -0.15) is 5.10 Å². The van der Waals surface area contributed by atoms with Crippen LogP contribution in [0.3, 0.4) is 0 Å². The van der Waals surface area contributed by atoms with Crippen molar-refractivity contribution in [2.45, 2.75) is 51.2 Å². The summed E-state index contributed by atoms with van der Waals surface area (Å²) in [4.78, 5) is 4.00. The lowest BCUT2D eigenvalue weighted by molar-refractivity contribution is -0.0142. The number of nitrogens with zero attached hydrogens (tertiary/aromatic N) is 3. The minimum atomic E-state index is 0.771. The zero-order chi connectivity index (χ0) is 15.9. The van der Waals surface area contributed by atoms with Crippen molar-refractivity contribution in [1.29, 1.82) is 0 Å². The summed E-state index contributed by atoms with van der Waals surface area (Å²) < 4.78 is 1.86. The fourth-order valence-electron chi connectivity index (χ4n) is 5.76. The van der Waals surface area contributed by atoms with Crippen molar-refractivity contribution < 1.29 is 0 Å². The van der Waals surface area contributed by atoms with Gasteiger partial charge in [0.2, 0.25) is 0 Å².